The van der Waals surface area contributed by atoms with Gasteiger partial charge in [0, 0.05) is 33.2 Å². The van der Waals surface area contributed by atoms with Gasteiger partial charge >= 0.3 is 24.0 Å². The average molecular weight is 686 g/mol. The van der Waals surface area contributed by atoms with Crippen molar-refractivity contribution in [1.82, 2.24) is 29.4 Å². The third-order valence-electron chi connectivity index (χ3n) is 8.28. The molecule has 0 spiro atoms. The summed E-state index contributed by atoms with van der Waals surface area (Å²) in [6.45, 7) is 3.11. The summed E-state index contributed by atoms with van der Waals surface area (Å²) in [5.74, 6) is -1.81. The maximum atomic E-state index is 14.4. The van der Waals surface area contributed by atoms with Crippen molar-refractivity contribution < 1.29 is 28.7 Å². The molecule has 0 aromatic heterocycles. The zero-order chi connectivity index (χ0) is 31.6. The highest BCUT2D eigenvalue weighted by molar-refractivity contribution is 6.35. The van der Waals surface area contributed by atoms with Crippen LogP contribution < -0.4 is 0 Å². The minimum Gasteiger partial charge on any atom is -0.463 e. The minimum atomic E-state index is -2.15. The van der Waals surface area contributed by atoms with Crippen molar-refractivity contribution in [3.05, 3.63) is 67.6 Å². The second kappa shape index (κ2) is 11.4. The summed E-state index contributed by atoms with van der Waals surface area (Å²) in [4.78, 5) is 65.6. The molecule has 0 aliphatic carbocycles. The van der Waals surface area contributed by atoms with Gasteiger partial charge in [-0.25, -0.2) is 19.2 Å². The summed E-state index contributed by atoms with van der Waals surface area (Å²) < 4.78 is 11.1. The normalized spacial score (nSPS) is 24.7. The molecule has 4 fully saturated rings. The molecule has 4 saturated heterocycles. The molecule has 0 unspecified atom stereocenters. The standard InChI is InChI=1S/C28H28Cl4N6O6/c1-3-43-23(39)27-28(24(40)44-4-2)37-15-34(12-18-6-8-20(30)10-22(18)32)16-38(28)26(42)36(27)14-33(13-35(27)25(37)41)11-17-5-7-19(29)9-21(17)31/h5-10H,3-4,11-16H2,1-2H3. The van der Waals surface area contributed by atoms with Gasteiger partial charge in [-0.3, -0.25) is 29.4 Å². The van der Waals surface area contributed by atoms with E-state index in [9.17, 15) is 19.2 Å². The van der Waals surface area contributed by atoms with Crippen LogP contribution in [-0.4, -0.2) is 105 Å². The first-order chi connectivity index (χ1) is 21.0. The molecule has 4 amide bonds. The van der Waals surface area contributed by atoms with E-state index in [0.29, 0.717) is 31.2 Å². The number of nitrogens with zero attached hydrogens (tertiary/aromatic N) is 6. The second-order valence-electron chi connectivity index (χ2n) is 10.8. The topological polar surface area (TPSA) is 106 Å². The number of benzene rings is 2. The van der Waals surface area contributed by atoms with E-state index in [1.54, 1.807) is 60.0 Å². The molecule has 0 atom stereocenters. The lowest BCUT2D eigenvalue weighted by Gasteiger charge is -2.51. The van der Waals surface area contributed by atoms with Crippen molar-refractivity contribution >= 4 is 70.4 Å². The monoisotopic (exact) mass is 684 g/mol. The van der Waals surface area contributed by atoms with E-state index in [0.717, 1.165) is 0 Å². The SMILES string of the molecule is CCOC(=O)C12N3CN(Cc4ccc(Cl)cc4Cl)CN1C(=O)N1CN(Cc4ccc(Cl)cc4Cl)CN(C3=O)C12C(=O)OCC. The third kappa shape index (κ3) is 4.33. The van der Waals surface area contributed by atoms with Crippen LogP contribution in [-0.2, 0) is 32.2 Å². The van der Waals surface area contributed by atoms with Gasteiger partial charge in [0.2, 0.25) is 0 Å². The molecule has 12 nitrogen and oxygen atoms in total. The van der Waals surface area contributed by atoms with Gasteiger partial charge < -0.3 is 9.47 Å². The van der Waals surface area contributed by atoms with Crippen LogP contribution in [0, 0.1) is 0 Å². The van der Waals surface area contributed by atoms with E-state index in [-0.39, 0.29) is 53.0 Å². The Balaban J connectivity index is 1.46. The summed E-state index contributed by atoms with van der Waals surface area (Å²) in [5, 5.41) is 1.73. The average Bonchev–Trinajstić information content (AvgIpc) is 3.35. The molecule has 0 N–H and O–H groups in total. The highest BCUT2D eigenvalue weighted by atomic mass is 35.5. The maximum Gasteiger partial charge on any atom is 0.359 e. The number of amides is 4. The molecule has 4 aliphatic rings. The molecule has 4 heterocycles. The van der Waals surface area contributed by atoms with Crippen molar-refractivity contribution in [3.63, 3.8) is 0 Å². The number of rotatable bonds is 8. The van der Waals surface area contributed by atoms with Gasteiger partial charge in [-0.15, -0.1) is 0 Å². The number of halogens is 4. The van der Waals surface area contributed by atoms with Crippen molar-refractivity contribution in [1.29, 1.82) is 0 Å². The molecular weight excluding hydrogens is 658 g/mol. The Morgan fingerprint density at radius 3 is 1.30 bits per heavy atom. The quantitative estimate of drug-likeness (QED) is 0.376. The summed E-state index contributed by atoms with van der Waals surface area (Å²) >= 11 is 25.1. The molecule has 0 saturated carbocycles. The Bertz CT molecular complexity index is 1410. The number of ether oxygens (including phenoxy) is 2. The molecular formula is C28H28Cl4N6O6. The van der Waals surface area contributed by atoms with Gasteiger partial charge in [0.15, 0.2) is 0 Å². The number of carbonyl (C=O) groups is 4. The molecule has 44 heavy (non-hydrogen) atoms. The van der Waals surface area contributed by atoms with Gasteiger partial charge in [0.1, 0.15) is 0 Å². The molecule has 16 heteroatoms. The minimum absolute atomic E-state index is 0.0468. The highest BCUT2D eigenvalue weighted by Crippen LogP contribution is 2.56. The summed E-state index contributed by atoms with van der Waals surface area (Å²) in [6.07, 6.45) is 0. The van der Waals surface area contributed by atoms with Crippen molar-refractivity contribution in [2.45, 2.75) is 38.3 Å². The van der Waals surface area contributed by atoms with Crippen LogP contribution >= 0.6 is 46.4 Å². The zero-order valence-corrected chi connectivity index (χ0v) is 26.8. The third-order valence-corrected chi connectivity index (χ3v) is 9.45. The van der Waals surface area contributed by atoms with E-state index in [2.05, 4.69) is 0 Å². The summed E-state index contributed by atoms with van der Waals surface area (Å²) in [6, 6.07) is 8.78. The van der Waals surface area contributed by atoms with Crippen LogP contribution in [0.1, 0.15) is 25.0 Å². The molecule has 0 bridgehead atoms. The summed E-state index contributed by atoms with van der Waals surface area (Å²) in [5.41, 5.74) is -2.90. The van der Waals surface area contributed by atoms with Gasteiger partial charge in [-0.2, -0.15) is 0 Å². The number of hydrogen-bond acceptors (Lipinski definition) is 8. The van der Waals surface area contributed by atoms with Crippen molar-refractivity contribution in [2.24, 2.45) is 0 Å². The van der Waals surface area contributed by atoms with Gasteiger partial charge in [0.25, 0.3) is 11.3 Å². The zero-order valence-electron chi connectivity index (χ0n) is 23.8. The summed E-state index contributed by atoms with van der Waals surface area (Å²) in [7, 11) is 0. The Kier molecular flexibility index (Phi) is 8.04. The van der Waals surface area contributed by atoms with Crippen LogP contribution in [0.3, 0.4) is 0 Å². The smallest absolute Gasteiger partial charge is 0.359 e. The Morgan fingerprint density at radius 1 is 0.659 bits per heavy atom. The van der Waals surface area contributed by atoms with Crippen LogP contribution in [0.4, 0.5) is 9.59 Å². The van der Waals surface area contributed by atoms with Crippen molar-refractivity contribution in [2.75, 3.05) is 39.9 Å². The lowest BCUT2D eigenvalue weighted by molar-refractivity contribution is -0.208. The Labute approximate surface area is 273 Å². The number of esters is 2. The van der Waals surface area contributed by atoms with Crippen LogP contribution in [0.15, 0.2) is 36.4 Å². The van der Waals surface area contributed by atoms with Crippen LogP contribution in [0.25, 0.3) is 0 Å². The molecule has 234 valence electrons. The lowest BCUT2D eigenvalue weighted by atomic mass is 9.89. The predicted molar refractivity (Wildman–Crippen MR) is 160 cm³/mol. The molecule has 4 aliphatic heterocycles. The predicted octanol–water partition coefficient (Wildman–Crippen LogP) is 4.46. The fourth-order valence-corrected chi connectivity index (χ4v) is 7.54. The first-order valence-corrected chi connectivity index (χ1v) is 15.4. The molecule has 2 aromatic rings. The first kappa shape index (κ1) is 31.0. The second-order valence-corrected chi connectivity index (χ2v) is 12.4. The maximum absolute atomic E-state index is 14.4. The molecule has 0 radical (unpaired) electrons. The number of carbonyl (C=O) groups excluding carboxylic acids is 4. The van der Waals surface area contributed by atoms with Crippen LogP contribution in [0.5, 0.6) is 0 Å². The lowest BCUT2D eigenvalue weighted by Crippen LogP contribution is -2.80. The van der Waals surface area contributed by atoms with E-state index in [4.69, 9.17) is 55.9 Å². The Hall–Kier alpha value is -3.00. The molecule has 2 aromatic carbocycles. The fourth-order valence-electron chi connectivity index (χ4n) is 6.60. The molecule has 6 rings (SSSR count). The van der Waals surface area contributed by atoms with Gasteiger partial charge in [-0.1, -0.05) is 58.5 Å². The first-order valence-electron chi connectivity index (χ1n) is 13.9. The van der Waals surface area contributed by atoms with Gasteiger partial charge in [-0.05, 0) is 49.2 Å². The Morgan fingerprint density at radius 2 is 1.00 bits per heavy atom. The number of hydrogen-bond donors (Lipinski definition) is 0. The van der Waals surface area contributed by atoms with E-state index >= 15 is 0 Å². The highest BCUT2D eigenvalue weighted by Gasteiger charge is 2.89. The number of urea groups is 2. The van der Waals surface area contributed by atoms with Gasteiger partial charge in [0.05, 0.1) is 39.9 Å². The van der Waals surface area contributed by atoms with E-state index in [1.165, 1.54) is 19.6 Å². The van der Waals surface area contributed by atoms with Crippen molar-refractivity contribution in [3.8, 4) is 0 Å². The van der Waals surface area contributed by atoms with E-state index in [1.807, 2.05) is 0 Å². The van der Waals surface area contributed by atoms with Crippen LogP contribution in [0.2, 0.25) is 20.1 Å². The fraction of sp³-hybridized carbons (Fsp3) is 0.429. The largest absolute Gasteiger partial charge is 0.463 e. The van der Waals surface area contributed by atoms with E-state index < -0.39 is 35.3 Å².